The highest BCUT2D eigenvalue weighted by Crippen LogP contribution is 2.36. The summed E-state index contributed by atoms with van der Waals surface area (Å²) in [5.41, 5.74) is 6.26. The molecule has 0 saturated carbocycles. The third-order valence-corrected chi connectivity index (χ3v) is 3.31. The smallest absolute Gasteiger partial charge is 0.312 e. The van der Waals surface area contributed by atoms with Crippen molar-refractivity contribution in [3.63, 3.8) is 0 Å². The highest BCUT2D eigenvalue weighted by Gasteiger charge is 2.32. The van der Waals surface area contributed by atoms with E-state index in [0.29, 0.717) is 29.7 Å². The van der Waals surface area contributed by atoms with Gasteiger partial charge in [0.2, 0.25) is 0 Å². The second-order valence-corrected chi connectivity index (χ2v) is 4.70. The molecule has 2 N–H and O–H groups in total. The second kappa shape index (κ2) is 4.46. The van der Waals surface area contributed by atoms with E-state index in [4.69, 9.17) is 17.3 Å². The number of nitrogens with zero attached hydrogens (tertiary/aromatic N) is 3. The number of pyridine rings is 1. The Morgan fingerprint density at radius 1 is 1.59 bits per heavy atom. The molecule has 0 amide bonds. The van der Waals surface area contributed by atoms with Crippen molar-refractivity contribution in [1.82, 2.24) is 4.98 Å². The topological polar surface area (TPSA) is 85.3 Å². The Labute approximate surface area is 104 Å². The first-order valence-electron chi connectivity index (χ1n) is 5.29. The predicted molar refractivity (Wildman–Crippen MR) is 65.3 cm³/mol. The zero-order valence-electron chi connectivity index (χ0n) is 9.34. The summed E-state index contributed by atoms with van der Waals surface area (Å²) in [6, 6.07) is 0.0128. The van der Waals surface area contributed by atoms with Gasteiger partial charge in [0.05, 0.1) is 9.95 Å². The first-order chi connectivity index (χ1) is 8.00. The molecule has 2 atom stereocenters. The van der Waals surface area contributed by atoms with E-state index >= 15 is 0 Å². The van der Waals surface area contributed by atoms with Gasteiger partial charge in [-0.1, -0.05) is 18.5 Å². The van der Waals surface area contributed by atoms with Gasteiger partial charge in [-0.25, -0.2) is 0 Å². The van der Waals surface area contributed by atoms with Crippen LogP contribution < -0.4 is 10.6 Å². The van der Waals surface area contributed by atoms with Crippen LogP contribution in [0.1, 0.15) is 6.92 Å². The molecule has 2 unspecified atom stereocenters. The van der Waals surface area contributed by atoms with Crippen molar-refractivity contribution in [2.45, 2.75) is 13.0 Å². The number of halogens is 1. The van der Waals surface area contributed by atoms with Crippen LogP contribution in [0, 0.1) is 16.0 Å². The molecule has 2 rings (SSSR count). The van der Waals surface area contributed by atoms with Crippen molar-refractivity contribution in [3.05, 3.63) is 27.5 Å². The molecule has 0 aromatic carbocycles. The summed E-state index contributed by atoms with van der Waals surface area (Å²) in [6.07, 6.45) is 2.63. The van der Waals surface area contributed by atoms with Crippen LogP contribution in [0.4, 0.5) is 11.4 Å². The van der Waals surface area contributed by atoms with E-state index < -0.39 is 4.92 Å². The lowest BCUT2D eigenvalue weighted by atomic mass is 10.1. The van der Waals surface area contributed by atoms with Crippen LogP contribution in [0.5, 0.6) is 0 Å². The minimum Gasteiger partial charge on any atom is -0.363 e. The fourth-order valence-corrected chi connectivity index (χ4v) is 2.31. The molecule has 1 saturated heterocycles. The number of hydrogen-bond donors (Lipinski definition) is 1. The van der Waals surface area contributed by atoms with Crippen LogP contribution in [0.15, 0.2) is 12.4 Å². The van der Waals surface area contributed by atoms with E-state index in [2.05, 4.69) is 4.98 Å². The summed E-state index contributed by atoms with van der Waals surface area (Å²) < 4.78 is 0. The number of nitro groups is 1. The van der Waals surface area contributed by atoms with Gasteiger partial charge in [-0.3, -0.25) is 15.1 Å². The zero-order chi connectivity index (χ0) is 12.6. The number of nitrogens with two attached hydrogens (primary N) is 1. The van der Waals surface area contributed by atoms with E-state index in [1.807, 2.05) is 11.8 Å². The third kappa shape index (κ3) is 2.18. The molecule has 1 aromatic heterocycles. The molecule has 17 heavy (non-hydrogen) atoms. The van der Waals surface area contributed by atoms with E-state index in [0.717, 1.165) is 0 Å². The first-order valence-corrected chi connectivity index (χ1v) is 5.67. The predicted octanol–water partition coefficient (Wildman–Crippen LogP) is 1.43. The molecule has 0 bridgehead atoms. The normalized spacial score (nSPS) is 24.1. The third-order valence-electron chi connectivity index (χ3n) is 3.04. The average Bonchev–Trinajstić information content (AvgIpc) is 2.58. The van der Waals surface area contributed by atoms with E-state index in [-0.39, 0.29) is 11.7 Å². The van der Waals surface area contributed by atoms with Crippen molar-refractivity contribution in [3.8, 4) is 0 Å². The van der Waals surface area contributed by atoms with Crippen molar-refractivity contribution in [2.24, 2.45) is 11.7 Å². The molecule has 0 radical (unpaired) electrons. The SMILES string of the molecule is CC1CN(c2c(Cl)cncc2[N+](=O)[O-])CC1N. The summed E-state index contributed by atoms with van der Waals surface area (Å²) in [4.78, 5) is 16.1. The first kappa shape index (κ1) is 12.1. The van der Waals surface area contributed by atoms with Gasteiger partial charge in [-0.05, 0) is 5.92 Å². The van der Waals surface area contributed by atoms with Gasteiger partial charge in [-0.2, -0.15) is 0 Å². The lowest BCUT2D eigenvalue weighted by Crippen LogP contribution is -2.28. The molecular weight excluding hydrogens is 244 g/mol. The van der Waals surface area contributed by atoms with Crippen molar-refractivity contribution in [1.29, 1.82) is 0 Å². The molecule has 1 aliphatic heterocycles. The number of aromatic nitrogens is 1. The summed E-state index contributed by atoms with van der Waals surface area (Å²) in [5.74, 6) is 0.291. The van der Waals surface area contributed by atoms with E-state index in [1.54, 1.807) is 0 Å². The summed E-state index contributed by atoms with van der Waals surface area (Å²) in [7, 11) is 0. The minimum absolute atomic E-state index is 0.0128. The lowest BCUT2D eigenvalue weighted by Gasteiger charge is -2.18. The van der Waals surface area contributed by atoms with Crippen molar-refractivity contribution < 1.29 is 4.92 Å². The highest BCUT2D eigenvalue weighted by molar-refractivity contribution is 6.33. The van der Waals surface area contributed by atoms with Crippen LogP contribution in [-0.4, -0.2) is 29.0 Å². The quantitative estimate of drug-likeness (QED) is 0.639. The van der Waals surface area contributed by atoms with Crippen molar-refractivity contribution in [2.75, 3.05) is 18.0 Å². The van der Waals surface area contributed by atoms with Gasteiger partial charge in [0.25, 0.3) is 0 Å². The van der Waals surface area contributed by atoms with E-state index in [9.17, 15) is 10.1 Å². The Morgan fingerprint density at radius 3 is 2.82 bits per heavy atom. The molecule has 0 aliphatic carbocycles. The summed E-state index contributed by atoms with van der Waals surface area (Å²) >= 11 is 6.00. The minimum atomic E-state index is -0.470. The molecule has 1 fully saturated rings. The van der Waals surface area contributed by atoms with Gasteiger partial charge in [-0.15, -0.1) is 0 Å². The number of rotatable bonds is 2. The zero-order valence-corrected chi connectivity index (χ0v) is 10.1. The summed E-state index contributed by atoms with van der Waals surface area (Å²) in [6.45, 7) is 3.27. The van der Waals surface area contributed by atoms with Crippen LogP contribution in [0.25, 0.3) is 0 Å². The molecule has 7 heteroatoms. The maximum Gasteiger partial charge on any atom is 0.312 e. The van der Waals surface area contributed by atoms with Crippen LogP contribution >= 0.6 is 11.6 Å². The van der Waals surface area contributed by atoms with Gasteiger partial charge < -0.3 is 10.6 Å². The van der Waals surface area contributed by atoms with Crippen LogP contribution in [-0.2, 0) is 0 Å². The molecule has 1 aliphatic rings. The Morgan fingerprint density at radius 2 is 2.29 bits per heavy atom. The van der Waals surface area contributed by atoms with Gasteiger partial charge in [0.15, 0.2) is 0 Å². The second-order valence-electron chi connectivity index (χ2n) is 4.29. The maximum atomic E-state index is 10.9. The Bertz CT molecular complexity index is 444. The molecule has 1 aromatic rings. The summed E-state index contributed by atoms with van der Waals surface area (Å²) in [5, 5.41) is 11.2. The fourth-order valence-electron chi connectivity index (χ4n) is 2.04. The lowest BCUT2D eigenvalue weighted by molar-refractivity contribution is -0.384. The van der Waals surface area contributed by atoms with Crippen LogP contribution in [0.2, 0.25) is 5.02 Å². The Balaban J connectivity index is 2.41. The van der Waals surface area contributed by atoms with Crippen molar-refractivity contribution >= 4 is 23.0 Å². The average molecular weight is 257 g/mol. The van der Waals surface area contributed by atoms with E-state index in [1.165, 1.54) is 12.4 Å². The largest absolute Gasteiger partial charge is 0.363 e. The molecule has 6 nitrogen and oxygen atoms in total. The molecular formula is C10H13ClN4O2. The number of hydrogen-bond acceptors (Lipinski definition) is 5. The van der Waals surface area contributed by atoms with Gasteiger partial charge in [0, 0.05) is 25.3 Å². The highest BCUT2D eigenvalue weighted by atomic mass is 35.5. The molecule has 92 valence electrons. The number of anilines is 1. The van der Waals surface area contributed by atoms with Gasteiger partial charge in [0.1, 0.15) is 11.9 Å². The molecule has 2 heterocycles. The van der Waals surface area contributed by atoms with Crippen LogP contribution in [0.3, 0.4) is 0 Å². The maximum absolute atomic E-state index is 10.9. The Kier molecular flexibility index (Phi) is 3.17. The van der Waals surface area contributed by atoms with Gasteiger partial charge >= 0.3 is 5.69 Å². The molecule has 0 spiro atoms. The monoisotopic (exact) mass is 256 g/mol. The standard InChI is InChI=1S/C10H13ClN4O2/c1-6-4-14(5-8(6)12)10-7(11)2-13-3-9(10)15(16)17/h2-3,6,8H,4-5,12H2,1H3. The Hall–Kier alpha value is -1.40. The fraction of sp³-hybridized carbons (Fsp3) is 0.500.